The van der Waals surface area contributed by atoms with Crippen LogP contribution in [0.5, 0.6) is 0 Å². The molecule has 2 atom stereocenters. The summed E-state index contributed by atoms with van der Waals surface area (Å²) in [7, 11) is 0. The van der Waals surface area contributed by atoms with E-state index in [0.29, 0.717) is 5.65 Å². The minimum atomic E-state index is -0.675. The molecule has 0 bridgehead atoms. The lowest BCUT2D eigenvalue weighted by Crippen LogP contribution is -2.30. The number of nitrogens with one attached hydrogen (secondary N) is 1. The number of pyridine rings is 1. The Morgan fingerprint density at radius 2 is 1.96 bits per heavy atom. The molecule has 1 aliphatic rings. The second-order valence-electron chi connectivity index (χ2n) is 7.01. The maximum Gasteiger partial charge on any atom is 0.376 e. The number of aromatic nitrogens is 2. The standard InChI is InChI=1S/C20H21N5O3/c1-14(15-7-3-2-4-8-15)23-12-10-16(13-23)21-19-18(25(27)28)20(26)24-11-6-5-9-17(24)22-19/h2-9,11,14,16,21H,10,12-13H2,1H3/t14-,16-/m0/s1. The molecule has 1 saturated heterocycles. The molecular weight excluding hydrogens is 358 g/mol. The first-order valence-corrected chi connectivity index (χ1v) is 9.26. The van der Waals surface area contributed by atoms with E-state index in [1.54, 1.807) is 18.2 Å². The number of likely N-dealkylation sites (tertiary alicyclic amines) is 1. The molecular formula is C20H21N5O3. The maximum absolute atomic E-state index is 12.6. The lowest BCUT2D eigenvalue weighted by atomic mass is 10.1. The van der Waals surface area contributed by atoms with Crippen molar-refractivity contribution in [1.29, 1.82) is 0 Å². The number of hydrogen-bond acceptors (Lipinski definition) is 6. The zero-order valence-corrected chi connectivity index (χ0v) is 15.5. The highest BCUT2D eigenvalue weighted by atomic mass is 16.6. The molecule has 8 heteroatoms. The van der Waals surface area contributed by atoms with Gasteiger partial charge in [0, 0.05) is 31.4 Å². The zero-order valence-electron chi connectivity index (χ0n) is 15.5. The number of fused-ring (bicyclic) bond motifs is 1. The van der Waals surface area contributed by atoms with Gasteiger partial charge in [0.05, 0.1) is 4.92 Å². The molecule has 3 aromatic rings. The first-order chi connectivity index (χ1) is 13.5. The fourth-order valence-electron chi connectivity index (χ4n) is 3.74. The average Bonchev–Trinajstić information content (AvgIpc) is 3.16. The Bertz CT molecular complexity index is 1070. The molecule has 0 unspecified atom stereocenters. The van der Waals surface area contributed by atoms with E-state index >= 15 is 0 Å². The lowest BCUT2D eigenvalue weighted by Gasteiger charge is -2.24. The summed E-state index contributed by atoms with van der Waals surface area (Å²) >= 11 is 0. The Morgan fingerprint density at radius 3 is 2.71 bits per heavy atom. The number of hydrogen-bond donors (Lipinski definition) is 1. The molecule has 144 valence electrons. The number of rotatable bonds is 5. The van der Waals surface area contributed by atoms with Crippen LogP contribution >= 0.6 is 0 Å². The van der Waals surface area contributed by atoms with Crippen molar-refractivity contribution >= 4 is 17.2 Å². The topological polar surface area (TPSA) is 92.8 Å². The van der Waals surface area contributed by atoms with Gasteiger partial charge >= 0.3 is 11.2 Å². The molecule has 28 heavy (non-hydrogen) atoms. The molecule has 1 fully saturated rings. The van der Waals surface area contributed by atoms with Crippen LogP contribution in [-0.2, 0) is 0 Å². The highest BCUT2D eigenvalue weighted by Gasteiger charge is 2.30. The van der Waals surface area contributed by atoms with E-state index in [2.05, 4.69) is 34.3 Å². The summed E-state index contributed by atoms with van der Waals surface area (Å²) < 4.78 is 1.20. The van der Waals surface area contributed by atoms with Crippen LogP contribution in [0.15, 0.2) is 59.5 Å². The van der Waals surface area contributed by atoms with E-state index in [-0.39, 0.29) is 17.9 Å². The van der Waals surface area contributed by atoms with Crippen LogP contribution in [0.4, 0.5) is 11.5 Å². The minimum absolute atomic E-state index is 0.0112. The summed E-state index contributed by atoms with van der Waals surface area (Å²) in [4.78, 5) is 30.1. The molecule has 0 aliphatic carbocycles. The van der Waals surface area contributed by atoms with Crippen molar-refractivity contribution in [2.45, 2.75) is 25.4 Å². The van der Waals surface area contributed by atoms with Crippen molar-refractivity contribution in [2.24, 2.45) is 0 Å². The summed E-state index contributed by atoms with van der Waals surface area (Å²) in [6.07, 6.45) is 2.31. The molecule has 1 aliphatic heterocycles. The molecule has 8 nitrogen and oxygen atoms in total. The van der Waals surface area contributed by atoms with Gasteiger partial charge in [0.15, 0.2) is 0 Å². The second-order valence-corrected chi connectivity index (χ2v) is 7.01. The van der Waals surface area contributed by atoms with Gasteiger partial charge in [0.2, 0.25) is 5.82 Å². The molecule has 0 amide bonds. The van der Waals surface area contributed by atoms with Gasteiger partial charge < -0.3 is 5.32 Å². The highest BCUT2D eigenvalue weighted by Crippen LogP contribution is 2.27. The zero-order chi connectivity index (χ0) is 19.7. The first-order valence-electron chi connectivity index (χ1n) is 9.26. The van der Waals surface area contributed by atoms with Crippen molar-refractivity contribution in [3.05, 3.63) is 80.8 Å². The van der Waals surface area contributed by atoms with E-state index in [1.165, 1.54) is 16.2 Å². The van der Waals surface area contributed by atoms with Crippen LogP contribution in [0.25, 0.3) is 5.65 Å². The predicted molar refractivity (Wildman–Crippen MR) is 107 cm³/mol. The summed E-state index contributed by atoms with van der Waals surface area (Å²) in [5.41, 5.74) is 0.424. The summed E-state index contributed by atoms with van der Waals surface area (Å²) in [5, 5.41) is 14.7. The lowest BCUT2D eigenvalue weighted by molar-refractivity contribution is -0.385. The van der Waals surface area contributed by atoms with Gasteiger partial charge in [0.25, 0.3) is 0 Å². The number of anilines is 1. The third-order valence-corrected chi connectivity index (χ3v) is 5.28. The van der Waals surface area contributed by atoms with Crippen molar-refractivity contribution in [1.82, 2.24) is 14.3 Å². The van der Waals surface area contributed by atoms with Gasteiger partial charge in [-0.25, -0.2) is 4.98 Å². The number of nitro groups is 1. The highest BCUT2D eigenvalue weighted by molar-refractivity contribution is 5.60. The Balaban J connectivity index is 1.58. The van der Waals surface area contributed by atoms with Crippen molar-refractivity contribution in [3.63, 3.8) is 0 Å². The molecule has 0 spiro atoms. The minimum Gasteiger partial charge on any atom is -0.360 e. The van der Waals surface area contributed by atoms with E-state index < -0.39 is 16.2 Å². The normalized spacial score (nSPS) is 18.2. The van der Waals surface area contributed by atoms with E-state index in [1.807, 2.05) is 18.2 Å². The number of benzene rings is 1. The van der Waals surface area contributed by atoms with Crippen molar-refractivity contribution in [2.75, 3.05) is 18.4 Å². The second kappa shape index (κ2) is 7.40. The van der Waals surface area contributed by atoms with Gasteiger partial charge in [-0.1, -0.05) is 36.4 Å². The fraction of sp³-hybridized carbons (Fsp3) is 0.300. The molecule has 0 radical (unpaired) electrons. The monoisotopic (exact) mass is 379 g/mol. The largest absolute Gasteiger partial charge is 0.376 e. The SMILES string of the molecule is C[C@@H](c1ccccc1)N1CC[C@H](Nc2nc3ccccn3c(=O)c2[N+](=O)[O-])C1. The van der Waals surface area contributed by atoms with E-state index in [0.717, 1.165) is 19.5 Å². The fourth-order valence-corrected chi connectivity index (χ4v) is 3.74. The first kappa shape index (κ1) is 18.1. The molecule has 3 heterocycles. The van der Waals surface area contributed by atoms with Crippen molar-refractivity contribution < 1.29 is 4.92 Å². The van der Waals surface area contributed by atoms with E-state index in [4.69, 9.17) is 0 Å². The van der Waals surface area contributed by atoms with Crippen LogP contribution in [0.2, 0.25) is 0 Å². The van der Waals surface area contributed by atoms with Gasteiger partial charge in [-0.3, -0.25) is 24.2 Å². The maximum atomic E-state index is 12.6. The van der Waals surface area contributed by atoms with Crippen LogP contribution in [-0.4, -0.2) is 38.3 Å². The van der Waals surface area contributed by atoms with Crippen molar-refractivity contribution in [3.8, 4) is 0 Å². The molecule has 1 N–H and O–H groups in total. The molecule has 2 aromatic heterocycles. The van der Waals surface area contributed by atoms with Crippen LogP contribution in [0.1, 0.15) is 24.9 Å². The number of nitrogens with zero attached hydrogens (tertiary/aromatic N) is 4. The van der Waals surface area contributed by atoms with E-state index in [9.17, 15) is 14.9 Å². The van der Waals surface area contributed by atoms with Crippen LogP contribution in [0, 0.1) is 10.1 Å². The summed E-state index contributed by atoms with van der Waals surface area (Å²) in [5.74, 6) is 0.0421. The average molecular weight is 379 g/mol. The predicted octanol–water partition coefficient (Wildman–Crippen LogP) is 2.85. The molecule has 0 saturated carbocycles. The van der Waals surface area contributed by atoms with Gasteiger partial charge in [0.1, 0.15) is 5.65 Å². The quantitative estimate of drug-likeness (QED) is 0.541. The third-order valence-electron chi connectivity index (χ3n) is 5.28. The molecule has 4 rings (SSSR count). The van der Waals surface area contributed by atoms with Gasteiger partial charge in [-0.15, -0.1) is 0 Å². The smallest absolute Gasteiger partial charge is 0.360 e. The summed E-state index contributed by atoms with van der Waals surface area (Å²) in [6, 6.07) is 15.5. The molecule has 1 aromatic carbocycles. The third kappa shape index (κ3) is 3.34. The van der Waals surface area contributed by atoms with Crippen LogP contribution in [0.3, 0.4) is 0 Å². The Kier molecular flexibility index (Phi) is 4.79. The van der Waals surface area contributed by atoms with Gasteiger partial charge in [-0.05, 0) is 31.0 Å². The summed E-state index contributed by atoms with van der Waals surface area (Å²) in [6.45, 7) is 3.75. The Hall–Kier alpha value is -3.26. The van der Waals surface area contributed by atoms with Crippen LogP contribution < -0.4 is 10.9 Å². The Morgan fingerprint density at radius 1 is 1.21 bits per heavy atom. The Labute approximate surface area is 161 Å². The van der Waals surface area contributed by atoms with Gasteiger partial charge in [-0.2, -0.15) is 0 Å².